The molecule has 0 atom stereocenters. The van der Waals surface area contributed by atoms with Gasteiger partial charge in [0.05, 0.1) is 0 Å². The monoisotopic (exact) mass is 388 g/mol. The van der Waals surface area contributed by atoms with Crippen LogP contribution >= 0.6 is 11.6 Å². The van der Waals surface area contributed by atoms with E-state index in [9.17, 15) is 9.59 Å². The summed E-state index contributed by atoms with van der Waals surface area (Å²) in [6, 6.07) is 10.9. The van der Waals surface area contributed by atoms with Gasteiger partial charge in [0.1, 0.15) is 5.75 Å². The lowest BCUT2D eigenvalue weighted by Gasteiger charge is -2.25. The molecule has 0 aromatic heterocycles. The van der Waals surface area contributed by atoms with Crippen molar-refractivity contribution in [1.29, 1.82) is 0 Å². The summed E-state index contributed by atoms with van der Waals surface area (Å²) in [6.07, 6.45) is 0. The van der Waals surface area contributed by atoms with E-state index in [-0.39, 0.29) is 18.4 Å². The van der Waals surface area contributed by atoms with Gasteiger partial charge in [0, 0.05) is 30.7 Å². The van der Waals surface area contributed by atoms with E-state index < -0.39 is 0 Å². The lowest BCUT2D eigenvalue weighted by atomic mass is 10.0. The first-order chi connectivity index (χ1) is 12.8. The van der Waals surface area contributed by atoms with Crippen molar-refractivity contribution in [2.45, 2.75) is 27.7 Å². The fourth-order valence-corrected chi connectivity index (χ4v) is 3.19. The van der Waals surface area contributed by atoms with E-state index in [2.05, 4.69) is 17.4 Å². The van der Waals surface area contributed by atoms with Crippen molar-refractivity contribution < 1.29 is 14.3 Å². The molecule has 0 radical (unpaired) electrons. The lowest BCUT2D eigenvalue weighted by Crippen LogP contribution is -2.39. The van der Waals surface area contributed by atoms with Crippen LogP contribution in [0.5, 0.6) is 5.75 Å². The van der Waals surface area contributed by atoms with Gasteiger partial charge in [-0.2, -0.15) is 0 Å². The number of benzene rings is 2. The van der Waals surface area contributed by atoms with Crippen molar-refractivity contribution in [3.05, 3.63) is 58.1 Å². The standard InChI is InChI=1S/C21H25ClN2O3/c1-14-11-15(2)21(16(3)12-14)24(17(4)25)10-9-23-20(26)13-27-19-7-5-18(22)6-8-19/h5-8,11-12H,9-10,13H2,1-4H3,(H,23,26). The van der Waals surface area contributed by atoms with Gasteiger partial charge in [0.2, 0.25) is 5.91 Å². The molecule has 5 nitrogen and oxygen atoms in total. The third-order valence-electron chi connectivity index (χ3n) is 4.13. The maximum absolute atomic E-state index is 12.1. The van der Waals surface area contributed by atoms with Crippen molar-refractivity contribution in [2.24, 2.45) is 0 Å². The van der Waals surface area contributed by atoms with E-state index in [1.165, 1.54) is 6.92 Å². The quantitative estimate of drug-likeness (QED) is 0.784. The number of carbonyl (C=O) groups excluding carboxylic acids is 2. The van der Waals surface area contributed by atoms with E-state index in [0.29, 0.717) is 23.9 Å². The Hall–Kier alpha value is -2.53. The normalized spacial score (nSPS) is 10.4. The molecule has 0 aliphatic rings. The van der Waals surface area contributed by atoms with Crippen LogP contribution in [0.1, 0.15) is 23.6 Å². The molecular formula is C21H25ClN2O3. The number of anilines is 1. The van der Waals surface area contributed by atoms with Crippen LogP contribution in [0, 0.1) is 20.8 Å². The smallest absolute Gasteiger partial charge is 0.258 e. The molecule has 2 rings (SSSR count). The van der Waals surface area contributed by atoms with Gasteiger partial charge in [0.15, 0.2) is 6.61 Å². The number of rotatable bonds is 7. The van der Waals surface area contributed by atoms with E-state index in [1.807, 2.05) is 20.8 Å². The van der Waals surface area contributed by atoms with E-state index >= 15 is 0 Å². The Morgan fingerprint density at radius 1 is 1.07 bits per heavy atom. The minimum Gasteiger partial charge on any atom is -0.484 e. The molecule has 1 N–H and O–H groups in total. The SMILES string of the molecule is CC(=O)N(CCNC(=O)COc1ccc(Cl)cc1)c1c(C)cc(C)cc1C. The molecule has 0 bridgehead atoms. The third kappa shape index (κ3) is 6.00. The minimum absolute atomic E-state index is 0.0586. The second-order valence-electron chi connectivity index (χ2n) is 6.51. The molecule has 2 aromatic rings. The molecule has 27 heavy (non-hydrogen) atoms. The van der Waals surface area contributed by atoms with Gasteiger partial charge in [-0.05, 0) is 56.2 Å². The van der Waals surface area contributed by atoms with Gasteiger partial charge in [-0.3, -0.25) is 9.59 Å². The van der Waals surface area contributed by atoms with Crippen molar-refractivity contribution >= 4 is 29.1 Å². The summed E-state index contributed by atoms with van der Waals surface area (Å²) in [6.45, 7) is 8.19. The molecule has 0 heterocycles. The fourth-order valence-electron chi connectivity index (χ4n) is 3.06. The predicted octanol–water partition coefficient (Wildman–Crippen LogP) is 3.81. The van der Waals surface area contributed by atoms with Gasteiger partial charge < -0.3 is 15.0 Å². The summed E-state index contributed by atoms with van der Waals surface area (Å²) < 4.78 is 5.41. The number of aryl methyl sites for hydroxylation is 3. The average molecular weight is 389 g/mol. The van der Waals surface area contributed by atoms with E-state index in [0.717, 1.165) is 22.4 Å². The molecule has 6 heteroatoms. The number of amides is 2. The molecular weight excluding hydrogens is 364 g/mol. The molecule has 0 saturated heterocycles. The van der Waals surface area contributed by atoms with Crippen LogP contribution in [-0.2, 0) is 9.59 Å². The maximum atomic E-state index is 12.1. The van der Waals surface area contributed by atoms with Crippen LogP contribution in [0.4, 0.5) is 5.69 Å². The molecule has 144 valence electrons. The molecule has 0 aliphatic carbocycles. The molecule has 0 spiro atoms. The Kier molecular flexibility index (Phi) is 7.25. The Bertz CT molecular complexity index is 796. The average Bonchev–Trinajstić information content (AvgIpc) is 2.59. The predicted molar refractivity (Wildman–Crippen MR) is 109 cm³/mol. The number of nitrogens with one attached hydrogen (secondary N) is 1. The summed E-state index contributed by atoms with van der Waals surface area (Å²) in [4.78, 5) is 25.8. The van der Waals surface area contributed by atoms with Crippen molar-refractivity contribution in [3.8, 4) is 5.75 Å². The Morgan fingerprint density at radius 3 is 2.22 bits per heavy atom. The number of hydrogen-bond donors (Lipinski definition) is 1. The van der Waals surface area contributed by atoms with Crippen LogP contribution in [0.25, 0.3) is 0 Å². The second-order valence-corrected chi connectivity index (χ2v) is 6.95. The first-order valence-corrected chi connectivity index (χ1v) is 9.16. The Morgan fingerprint density at radius 2 is 1.67 bits per heavy atom. The van der Waals surface area contributed by atoms with E-state index in [1.54, 1.807) is 29.2 Å². The highest BCUT2D eigenvalue weighted by Gasteiger charge is 2.16. The van der Waals surface area contributed by atoms with Gasteiger partial charge in [-0.25, -0.2) is 0 Å². The van der Waals surface area contributed by atoms with Crippen LogP contribution in [-0.4, -0.2) is 31.5 Å². The molecule has 0 unspecified atom stereocenters. The van der Waals surface area contributed by atoms with Crippen molar-refractivity contribution in [2.75, 3.05) is 24.6 Å². The summed E-state index contributed by atoms with van der Waals surface area (Å²) in [5.74, 6) is 0.272. The fraction of sp³-hybridized carbons (Fsp3) is 0.333. The van der Waals surface area contributed by atoms with E-state index in [4.69, 9.17) is 16.3 Å². The summed E-state index contributed by atoms with van der Waals surface area (Å²) >= 11 is 5.81. The highest BCUT2D eigenvalue weighted by molar-refractivity contribution is 6.30. The Balaban J connectivity index is 1.90. The minimum atomic E-state index is -0.245. The zero-order valence-electron chi connectivity index (χ0n) is 16.1. The summed E-state index contributed by atoms with van der Waals surface area (Å²) in [5.41, 5.74) is 4.14. The maximum Gasteiger partial charge on any atom is 0.258 e. The largest absolute Gasteiger partial charge is 0.484 e. The zero-order valence-corrected chi connectivity index (χ0v) is 16.9. The number of carbonyl (C=O) groups is 2. The molecule has 0 fully saturated rings. The first-order valence-electron chi connectivity index (χ1n) is 8.79. The number of halogens is 1. The molecule has 0 aliphatic heterocycles. The summed E-state index contributed by atoms with van der Waals surface area (Å²) in [5, 5.41) is 3.39. The zero-order chi connectivity index (χ0) is 20.0. The topological polar surface area (TPSA) is 58.6 Å². The van der Waals surface area contributed by atoms with Crippen LogP contribution in [0.2, 0.25) is 5.02 Å². The van der Waals surface area contributed by atoms with Crippen molar-refractivity contribution in [3.63, 3.8) is 0 Å². The first kappa shape index (κ1) is 20.8. The summed E-state index contributed by atoms with van der Waals surface area (Å²) in [7, 11) is 0. The third-order valence-corrected chi connectivity index (χ3v) is 4.38. The second kappa shape index (κ2) is 9.42. The van der Waals surface area contributed by atoms with Gasteiger partial charge >= 0.3 is 0 Å². The Labute approximate surface area is 165 Å². The number of hydrogen-bond acceptors (Lipinski definition) is 3. The van der Waals surface area contributed by atoms with Gasteiger partial charge in [-0.15, -0.1) is 0 Å². The van der Waals surface area contributed by atoms with Gasteiger partial charge in [0.25, 0.3) is 5.91 Å². The number of nitrogens with zero attached hydrogens (tertiary/aromatic N) is 1. The van der Waals surface area contributed by atoms with Crippen LogP contribution in [0.3, 0.4) is 0 Å². The molecule has 0 saturated carbocycles. The van der Waals surface area contributed by atoms with Crippen molar-refractivity contribution in [1.82, 2.24) is 5.32 Å². The lowest BCUT2D eigenvalue weighted by molar-refractivity contribution is -0.123. The molecule has 2 aromatic carbocycles. The van der Waals surface area contributed by atoms with Crippen LogP contribution < -0.4 is 15.0 Å². The van der Waals surface area contributed by atoms with Crippen LogP contribution in [0.15, 0.2) is 36.4 Å². The molecule has 2 amide bonds. The van der Waals surface area contributed by atoms with Gasteiger partial charge in [-0.1, -0.05) is 29.3 Å². The highest BCUT2D eigenvalue weighted by atomic mass is 35.5. The highest BCUT2D eigenvalue weighted by Crippen LogP contribution is 2.26. The number of ether oxygens (including phenoxy) is 1.